The quantitative estimate of drug-likeness (QED) is 0.528. The molecule has 7 heteroatoms. The van der Waals surface area contributed by atoms with Crippen LogP contribution in [0.25, 0.3) is 5.57 Å². The number of nitrogens with zero attached hydrogens (tertiary/aromatic N) is 3. The van der Waals surface area contributed by atoms with E-state index < -0.39 is 4.92 Å². The zero-order valence-corrected chi connectivity index (χ0v) is 11.3. The minimum absolute atomic E-state index is 0.0237. The molecule has 0 spiro atoms. The average molecular weight is 286 g/mol. The summed E-state index contributed by atoms with van der Waals surface area (Å²) in [4.78, 5) is 14.3. The third kappa shape index (κ3) is 3.18. The van der Waals surface area contributed by atoms with Crippen LogP contribution in [0.15, 0.2) is 35.8 Å². The number of allylic oxidation sites excluding steroid dienone is 1. The van der Waals surface area contributed by atoms with E-state index in [0.29, 0.717) is 16.3 Å². The predicted octanol–water partition coefficient (Wildman–Crippen LogP) is 3.34. The summed E-state index contributed by atoms with van der Waals surface area (Å²) in [6.45, 7) is 1.86. The molecule has 0 fully saturated rings. The molecule has 2 aromatic rings. The van der Waals surface area contributed by atoms with E-state index in [1.165, 1.54) is 23.5 Å². The number of hydrogen-bond donors (Lipinski definition) is 1. The molecule has 6 nitrogen and oxygen atoms in total. The molecule has 1 aromatic carbocycles. The highest BCUT2D eigenvalue weighted by atomic mass is 32.1. The van der Waals surface area contributed by atoms with Gasteiger partial charge < -0.3 is 5.32 Å². The Morgan fingerprint density at radius 3 is 2.70 bits per heavy atom. The van der Waals surface area contributed by atoms with Crippen molar-refractivity contribution in [1.82, 2.24) is 4.98 Å². The van der Waals surface area contributed by atoms with Gasteiger partial charge in [-0.15, -0.1) is 11.3 Å². The normalized spacial score (nSPS) is 10.9. The van der Waals surface area contributed by atoms with Crippen molar-refractivity contribution >= 4 is 28.3 Å². The van der Waals surface area contributed by atoms with Crippen LogP contribution in [0.4, 0.5) is 11.4 Å². The number of aryl methyl sites for hydroxylation is 1. The van der Waals surface area contributed by atoms with Crippen molar-refractivity contribution in [3.05, 3.63) is 56.7 Å². The maximum absolute atomic E-state index is 10.5. The maximum Gasteiger partial charge on any atom is 0.269 e. The molecule has 0 radical (unpaired) electrons. The van der Waals surface area contributed by atoms with Crippen molar-refractivity contribution in [2.24, 2.45) is 0 Å². The van der Waals surface area contributed by atoms with Gasteiger partial charge in [-0.2, -0.15) is 5.26 Å². The summed E-state index contributed by atoms with van der Waals surface area (Å²) in [5, 5.41) is 25.1. The number of benzene rings is 1. The second-order valence-electron chi connectivity index (χ2n) is 3.91. The van der Waals surface area contributed by atoms with E-state index in [1.54, 1.807) is 18.3 Å². The molecule has 0 saturated carbocycles. The molecular weight excluding hydrogens is 276 g/mol. The molecule has 0 atom stereocenters. The Morgan fingerprint density at radius 1 is 1.50 bits per heavy atom. The van der Waals surface area contributed by atoms with Crippen molar-refractivity contribution in [1.29, 1.82) is 5.26 Å². The number of thiazole rings is 1. The summed E-state index contributed by atoms with van der Waals surface area (Å²) in [7, 11) is 0. The number of nitriles is 1. The van der Waals surface area contributed by atoms with Gasteiger partial charge in [-0.3, -0.25) is 10.1 Å². The Labute approximate surface area is 119 Å². The van der Waals surface area contributed by atoms with E-state index in [9.17, 15) is 10.1 Å². The standard InChI is InChI=1S/C13H10N4O2S/c1-9-8-20-13(16-9)10(6-14)7-15-11-2-4-12(5-3-11)17(18)19/h2-5,7-8,15H,1H3/b10-7+. The monoisotopic (exact) mass is 286 g/mol. The highest BCUT2D eigenvalue weighted by Gasteiger charge is 2.06. The van der Waals surface area contributed by atoms with Gasteiger partial charge in [0.1, 0.15) is 16.6 Å². The summed E-state index contributed by atoms with van der Waals surface area (Å²) < 4.78 is 0. The number of nitro groups is 1. The predicted molar refractivity (Wildman–Crippen MR) is 77.2 cm³/mol. The third-order valence-electron chi connectivity index (χ3n) is 2.43. The number of hydrogen-bond acceptors (Lipinski definition) is 6. The van der Waals surface area contributed by atoms with Gasteiger partial charge in [-0.25, -0.2) is 4.98 Å². The van der Waals surface area contributed by atoms with Crippen LogP contribution in [0.1, 0.15) is 10.7 Å². The zero-order chi connectivity index (χ0) is 14.5. The Bertz CT molecular complexity index is 698. The number of nitro benzene ring substituents is 1. The lowest BCUT2D eigenvalue weighted by atomic mass is 10.3. The van der Waals surface area contributed by atoms with Gasteiger partial charge in [0.25, 0.3) is 5.69 Å². The van der Waals surface area contributed by atoms with Gasteiger partial charge in [-0.1, -0.05) is 0 Å². The second-order valence-corrected chi connectivity index (χ2v) is 4.77. The van der Waals surface area contributed by atoms with E-state index in [0.717, 1.165) is 5.69 Å². The highest BCUT2D eigenvalue weighted by Crippen LogP contribution is 2.20. The molecule has 0 saturated heterocycles. The zero-order valence-electron chi connectivity index (χ0n) is 10.5. The van der Waals surface area contributed by atoms with Crippen LogP contribution in [0.3, 0.4) is 0 Å². The third-order valence-corrected chi connectivity index (χ3v) is 3.42. The Balaban J connectivity index is 2.15. The van der Waals surface area contributed by atoms with Crippen molar-refractivity contribution in [2.75, 3.05) is 5.32 Å². The van der Waals surface area contributed by atoms with Crippen molar-refractivity contribution in [3.8, 4) is 6.07 Å². The number of rotatable bonds is 4. The first-order valence-corrected chi connectivity index (χ1v) is 6.52. The van der Waals surface area contributed by atoms with E-state index in [2.05, 4.69) is 16.4 Å². The van der Waals surface area contributed by atoms with Gasteiger partial charge in [0.05, 0.1) is 4.92 Å². The number of anilines is 1. The minimum atomic E-state index is -0.460. The van der Waals surface area contributed by atoms with Gasteiger partial charge in [0, 0.05) is 35.1 Å². The fourth-order valence-corrected chi connectivity index (χ4v) is 2.22. The second kappa shape index (κ2) is 5.95. The van der Waals surface area contributed by atoms with Gasteiger partial charge in [0.2, 0.25) is 0 Å². The lowest BCUT2D eigenvalue weighted by Gasteiger charge is -2.00. The van der Waals surface area contributed by atoms with Crippen molar-refractivity contribution in [2.45, 2.75) is 6.92 Å². The lowest BCUT2D eigenvalue weighted by molar-refractivity contribution is -0.384. The molecule has 0 bridgehead atoms. The van der Waals surface area contributed by atoms with E-state index in [4.69, 9.17) is 5.26 Å². The van der Waals surface area contributed by atoms with E-state index >= 15 is 0 Å². The van der Waals surface area contributed by atoms with Crippen LogP contribution >= 0.6 is 11.3 Å². The van der Waals surface area contributed by atoms with Gasteiger partial charge >= 0.3 is 0 Å². The van der Waals surface area contributed by atoms with Crippen LogP contribution in [-0.4, -0.2) is 9.91 Å². The number of nitrogens with one attached hydrogen (secondary N) is 1. The summed E-state index contributed by atoms with van der Waals surface area (Å²) in [5.41, 5.74) is 1.97. The molecule has 0 unspecified atom stereocenters. The first-order valence-electron chi connectivity index (χ1n) is 5.64. The lowest BCUT2D eigenvalue weighted by Crippen LogP contribution is -1.92. The molecule has 2 rings (SSSR count). The van der Waals surface area contributed by atoms with Crippen LogP contribution < -0.4 is 5.32 Å². The van der Waals surface area contributed by atoms with Crippen LogP contribution in [0.5, 0.6) is 0 Å². The van der Waals surface area contributed by atoms with E-state index in [-0.39, 0.29) is 5.69 Å². The fraction of sp³-hybridized carbons (Fsp3) is 0.0769. The average Bonchev–Trinajstić information content (AvgIpc) is 2.86. The Morgan fingerprint density at radius 2 is 2.20 bits per heavy atom. The first kappa shape index (κ1) is 13.7. The molecule has 1 aromatic heterocycles. The molecule has 0 aliphatic heterocycles. The van der Waals surface area contributed by atoms with E-state index in [1.807, 2.05) is 12.3 Å². The SMILES string of the molecule is Cc1csc(/C(C#N)=C/Nc2ccc([N+](=O)[O-])cc2)n1. The molecule has 1 heterocycles. The summed E-state index contributed by atoms with van der Waals surface area (Å²) in [5.74, 6) is 0. The van der Waals surface area contributed by atoms with Gasteiger partial charge in [-0.05, 0) is 19.1 Å². The molecule has 1 N–H and O–H groups in total. The van der Waals surface area contributed by atoms with Crippen molar-refractivity contribution < 1.29 is 4.92 Å². The summed E-state index contributed by atoms with van der Waals surface area (Å²) >= 11 is 1.39. The Kier molecular flexibility index (Phi) is 4.08. The molecule has 0 aliphatic rings. The number of non-ortho nitro benzene ring substituents is 1. The molecule has 100 valence electrons. The van der Waals surface area contributed by atoms with Gasteiger partial charge in [0.15, 0.2) is 0 Å². The topological polar surface area (TPSA) is 91.8 Å². The number of aromatic nitrogens is 1. The summed E-state index contributed by atoms with van der Waals surface area (Å²) in [6, 6.07) is 8.03. The summed E-state index contributed by atoms with van der Waals surface area (Å²) in [6.07, 6.45) is 1.54. The van der Waals surface area contributed by atoms with Crippen molar-refractivity contribution in [3.63, 3.8) is 0 Å². The molecular formula is C13H10N4O2S. The molecule has 0 amide bonds. The first-order chi connectivity index (χ1) is 9.60. The smallest absolute Gasteiger partial charge is 0.269 e. The fourth-order valence-electron chi connectivity index (χ4n) is 1.45. The minimum Gasteiger partial charge on any atom is -0.360 e. The largest absolute Gasteiger partial charge is 0.360 e. The van der Waals surface area contributed by atoms with Crippen LogP contribution in [0.2, 0.25) is 0 Å². The molecule has 20 heavy (non-hydrogen) atoms. The maximum atomic E-state index is 10.5. The van der Waals surface area contributed by atoms with Crippen LogP contribution in [-0.2, 0) is 0 Å². The van der Waals surface area contributed by atoms with Crippen LogP contribution in [0, 0.1) is 28.4 Å². The highest BCUT2D eigenvalue weighted by molar-refractivity contribution is 7.10. The Hall–Kier alpha value is -2.72. The molecule has 0 aliphatic carbocycles.